The number of aromatic nitrogens is 3. The molecule has 0 spiro atoms. The second-order valence-corrected chi connectivity index (χ2v) is 5.85. The molecule has 104 valence electrons. The molecule has 3 rings (SSSR count). The maximum Gasteiger partial charge on any atom is 0.135 e. The highest BCUT2D eigenvalue weighted by molar-refractivity contribution is 7.98. The van der Waals surface area contributed by atoms with Gasteiger partial charge in [-0.1, -0.05) is 6.92 Å². The molecule has 0 bridgehead atoms. The first-order valence-corrected chi connectivity index (χ1v) is 8.11. The fourth-order valence-electron chi connectivity index (χ4n) is 2.25. The van der Waals surface area contributed by atoms with Crippen LogP contribution in [0, 0.1) is 0 Å². The van der Waals surface area contributed by atoms with Crippen LogP contribution in [-0.2, 0) is 17.9 Å². The molecule has 2 aromatic heterocycles. The quantitative estimate of drug-likeness (QED) is 0.915. The topological polar surface area (TPSA) is 50.7 Å². The SMILES string of the molecule is CCCNc1nc(Cc2ccncc2)nc2c1CSC2. The van der Waals surface area contributed by atoms with Crippen LogP contribution in [0.3, 0.4) is 0 Å². The van der Waals surface area contributed by atoms with E-state index in [0.29, 0.717) is 0 Å². The summed E-state index contributed by atoms with van der Waals surface area (Å²) in [4.78, 5) is 13.5. The molecule has 0 aromatic carbocycles. The molecule has 4 nitrogen and oxygen atoms in total. The van der Waals surface area contributed by atoms with Crippen molar-refractivity contribution in [2.75, 3.05) is 11.9 Å². The first-order chi connectivity index (χ1) is 9.86. The summed E-state index contributed by atoms with van der Waals surface area (Å²) in [6, 6.07) is 4.04. The van der Waals surface area contributed by atoms with E-state index in [1.54, 1.807) is 0 Å². The van der Waals surface area contributed by atoms with Gasteiger partial charge in [0.05, 0.1) is 5.69 Å². The second kappa shape index (κ2) is 6.22. The molecule has 1 aliphatic heterocycles. The number of anilines is 1. The van der Waals surface area contributed by atoms with Crippen molar-refractivity contribution in [3.8, 4) is 0 Å². The molecule has 0 saturated carbocycles. The fourth-order valence-corrected chi connectivity index (χ4v) is 3.30. The van der Waals surface area contributed by atoms with Crippen LogP contribution in [0.5, 0.6) is 0 Å². The Labute approximate surface area is 123 Å². The number of nitrogens with zero attached hydrogens (tertiary/aromatic N) is 3. The normalized spacial score (nSPS) is 13.2. The molecule has 1 N–H and O–H groups in total. The van der Waals surface area contributed by atoms with E-state index in [2.05, 4.69) is 17.2 Å². The number of pyridine rings is 1. The van der Waals surface area contributed by atoms with Gasteiger partial charge in [-0.25, -0.2) is 9.97 Å². The van der Waals surface area contributed by atoms with Crippen LogP contribution in [0.4, 0.5) is 5.82 Å². The van der Waals surface area contributed by atoms with Crippen molar-refractivity contribution in [2.45, 2.75) is 31.3 Å². The van der Waals surface area contributed by atoms with E-state index in [4.69, 9.17) is 9.97 Å². The predicted octanol–water partition coefficient (Wildman–Crippen LogP) is 3.03. The zero-order chi connectivity index (χ0) is 13.8. The third kappa shape index (κ3) is 2.93. The molecule has 0 unspecified atom stereocenters. The van der Waals surface area contributed by atoms with E-state index in [0.717, 1.165) is 42.5 Å². The van der Waals surface area contributed by atoms with Crippen LogP contribution in [0.15, 0.2) is 24.5 Å². The van der Waals surface area contributed by atoms with Gasteiger partial charge in [0.25, 0.3) is 0 Å². The molecule has 0 amide bonds. The second-order valence-electron chi connectivity index (χ2n) is 4.87. The zero-order valence-electron chi connectivity index (χ0n) is 11.6. The summed E-state index contributed by atoms with van der Waals surface area (Å²) in [6.07, 6.45) is 5.50. The molecule has 0 saturated heterocycles. The first-order valence-electron chi connectivity index (χ1n) is 6.96. The average molecular weight is 286 g/mol. The lowest BCUT2D eigenvalue weighted by molar-refractivity contribution is 0.904. The molecular formula is C15H18N4S. The summed E-state index contributed by atoms with van der Waals surface area (Å²) < 4.78 is 0. The smallest absolute Gasteiger partial charge is 0.135 e. The van der Waals surface area contributed by atoms with Gasteiger partial charge in [0.15, 0.2) is 0 Å². The lowest BCUT2D eigenvalue weighted by Crippen LogP contribution is -2.10. The zero-order valence-corrected chi connectivity index (χ0v) is 12.4. The maximum atomic E-state index is 4.72. The number of rotatable bonds is 5. The lowest BCUT2D eigenvalue weighted by Gasteiger charge is -2.11. The van der Waals surface area contributed by atoms with Gasteiger partial charge >= 0.3 is 0 Å². The predicted molar refractivity (Wildman–Crippen MR) is 82.9 cm³/mol. The third-order valence-corrected chi connectivity index (χ3v) is 4.25. The van der Waals surface area contributed by atoms with Crippen molar-refractivity contribution in [1.82, 2.24) is 15.0 Å². The number of hydrogen-bond acceptors (Lipinski definition) is 5. The Bertz CT molecular complexity index is 586. The van der Waals surface area contributed by atoms with Gasteiger partial charge in [0.1, 0.15) is 11.6 Å². The highest BCUT2D eigenvalue weighted by Gasteiger charge is 2.19. The van der Waals surface area contributed by atoms with E-state index < -0.39 is 0 Å². The molecule has 0 aliphatic carbocycles. The van der Waals surface area contributed by atoms with Crippen molar-refractivity contribution in [3.63, 3.8) is 0 Å². The Morgan fingerprint density at radius 1 is 1.20 bits per heavy atom. The van der Waals surface area contributed by atoms with E-state index >= 15 is 0 Å². The van der Waals surface area contributed by atoms with Gasteiger partial charge in [-0.05, 0) is 24.1 Å². The monoisotopic (exact) mass is 286 g/mol. The van der Waals surface area contributed by atoms with Crippen LogP contribution in [0.2, 0.25) is 0 Å². The summed E-state index contributed by atoms with van der Waals surface area (Å²) in [5.41, 5.74) is 3.70. The Morgan fingerprint density at radius 2 is 2.05 bits per heavy atom. The van der Waals surface area contributed by atoms with E-state index in [9.17, 15) is 0 Å². The van der Waals surface area contributed by atoms with Gasteiger partial charge in [-0.15, -0.1) is 0 Å². The average Bonchev–Trinajstić information content (AvgIpc) is 2.94. The molecule has 2 aromatic rings. The summed E-state index contributed by atoms with van der Waals surface area (Å²) >= 11 is 1.91. The highest BCUT2D eigenvalue weighted by Crippen LogP contribution is 2.33. The molecule has 0 fully saturated rings. The summed E-state index contributed by atoms with van der Waals surface area (Å²) in [7, 11) is 0. The standard InChI is InChI=1S/C15H18N4S/c1-2-5-17-15-12-9-20-10-13(12)18-14(19-15)8-11-3-6-16-7-4-11/h3-4,6-7H,2,5,8-10H2,1H3,(H,17,18,19). The molecular weight excluding hydrogens is 268 g/mol. The molecule has 1 aliphatic rings. The number of hydrogen-bond donors (Lipinski definition) is 1. The minimum Gasteiger partial charge on any atom is -0.370 e. The van der Waals surface area contributed by atoms with E-state index in [-0.39, 0.29) is 0 Å². The Morgan fingerprint density at radius 3 is 2.85 bits per heavy atom. The van der Waals surface area contributed by atoms with Crippen molar-refractivity contribution >= 4 is 17.6 Å². The first kappa shape index (κ1) is 13.4. The minimum atomic E-state index is 0.765. The van der Waals surface area contributed by atoms with Crippen LogP contribution in [-0.4, -0.2) is 21.5 Å². The van der Waals surface area contributed by atoms with Gasteiger partial charge in [0.2, 0.25) is 0 Å². The summed E-state index contributed by atoms with van der Waals surface area (Å²) in [6.45, 7) is 3.13. The molecule has 3 heterocycles. The summed E-state index contributed by atoms with van der Waals surface area (Å²) in [5, 5.41) is 3.44. The summed E-state index contributed by atoms with van der Waals surface area (Å²) in [5.74, 6) is 3.96. The highest BCUT2D eigenvalue weighted by atomic mass is 32.2. The molecule has 20 heavy (non-hydrogen) atoms. The molecule has 0 atom stereocenters. The van der Waals surface area contributed by atoms with Crippen LogP contribution in [0.25, 0.3) is 0 Å². The van der Waals surface area contributed by atoms with Gasteiger partial charge in [-0.2, -0.15) is 11.8 Å². The third-order valence-electron chi connectivity index (χ3n) is 3.28. The van der Waals surface area contributed by atoms with Gasteiger partial charge in [0, 0.05) is 42.4 Å². The Balaban J connectivity index is 1.88. The maximum absolute atomic E-state index is 4.72. The van der Waals surface area contributed by atoms with Crippen LogP contribution < -0.4 is 5.32 Å². The Hall–Kier alpha value is -1.62. The fraction of sp³-hybridized carbons (Fsp3) is 0.400. The largest absolute Gasteiger partial charge is 0.370 e. The number of thioether (sulfide) groups is 1. The van der Waals surface area contributed by atoms with Crippen molar-refractivity contribution in [2.24, 2.45) is 0 Å². The van der Waals surface area contributed by atoms with Crippen molar-refractivity contribution in [1.29, 1.82) is 0 Å². The number of fused-ring (bicyclic) bond motifs is 1. The number of nitrogens with one attached hydrogen (secondary N) is 1. The Kier molecular flexibility index (Phi) is 4.16. The van der Waals surface area contributed by atoms with Crippen molar-refractivity contribution < 1.29 is 0 Å². The molecule has 5 heteroatoms. The van der Waals surface area contributed by atoms with Gasteiger partial charge < -0.3 is 5.32 Å². The van der Waals surface area contributed by atoms with E-state index in [1.807, 2.05) is 36.3 Å². The molecule has 0 radical (unpaired) electrons. The van der Waals surface area contributed by atoms with Gasteiger partial charge in [-0.3, -0.25) is 4.98 Å². The van der Waals surface area contributed by atoms with Crippen molar-refractivity contribution in [3.05, 3.63) is 47.2 Å². The van der Waals surface area contributed by atoms with Crippen LogP contribution >= 0.6 is 11.8 Å². The minimum absolute atomic E-state index is 0.765. The van der Waals surface area contributed by atoms with E-state index in [1.165, 1.54) is 16.8 Å². The lowest BCUT2D eigenvalue weighted by atomic mass is 10.1. The van der Waals surface area contributed by atoms with Crippen LogP contribution in [0.1, 0.15) is 36.0 Å².